The molecular weight excluding hydrogens is 296 g/mol. The summed E-state index contributed by atoms with van der Waals surface area (Å²) in [6, 6.07) is 7.15. The smallest absolute Gasteiger partial charge is 0.338 e. The molecule has 1 aliphatic heterocycles. The topological polar surface area (TPSA) is 78.3 Å². The van der Waals surface area contributed by atoms with Gasteiger partial charge in [-0.15, -0.1) is 0 Å². The highest BCUT2D eigenvalue weighted by molar-refractivity contribution is 5.92. The first-order chi connectivity index (χ1) is 11.2. The summed E-state index contributed by atoms with van der Waals surface area (Å²) in [5.74, 6) is 0.979. The van der Waals surface area contributed by atoms with Gasteiger partial charge in [-0.25, -0.2) is 9.48 Å². The average molecular weight is 314 g/mol. The molecular formula is C16H18N4O3. The third-order valence-electron chi connectivity index (χ3n) is 3.87. The number of fused-ring (bicyclic) bond motifs is 1. The van der Waals surface area contributed by atoms with Crippen LogP contribution in [0.25, 0.3) is 0 Å². The lowest BCUT2D eigenvalue weighted by molar-refractivity contribution is -0.136. The zero-order valence-corrected chi connectivity index (χ0v) is 13.2. The molecule has 7 heteroatoms. The summed E-state index contributed by atoms with van der Waals surface area (Å²) < 4.78 is 11.9. The number of hydrogen-bond acceptors (Lipinski definition) is 6. The number of carbonyl (C=O) groups is 1. The molecule has 1 aromatic heterocycles. The first-order valence-electron chi connectivity index (χ1n) is 7.31. The molecule has 1 N–H and O–H groups in total. The van der Waals surface area contributed by atoms with Crippen molar-refractivity contribution in [1.29, 1.82) is 0 Å². The van der Waals surface area contributed by atoms with Gasteiger partial charge in [0.1, 0.15) is 18.1 Å². The largest absolute Gasteiger partial charge is 0.497 e. The standard InChI is InChI=1S/C16H18N4O3/c1-4-12-13(15(21)23-3)14(20-16(19-12)17-9-18-20)10-5-7-11(22-2)8-6-10/h5-9,14H,4H2,1-3H3,(H,17,18,19)/t14-/m0/s1. The summed E-state index contributed by atoms with van der Waals surface area (Å²) in [6.45, 7) is 1.97. The first kappa shape index (κ1) is 15.1. The summed E-state index contributed by atoms with van der Waals surface area (Å²) in [6.07, 6.45) is 2.12. The van der Waals surface area contributed by atoms with Gasteiger partial charge in [-0.2, -0.15) is 10.1 Å². The summed E-state index contributed by atoms with van der Waals surface area (Å²) in [5, 5.41) is 7.42. The van der Waals surface area contributed by atoms with Gasteiger partial charge in [0, 0.05) is 5.70 Å². The van der Waals surface area contributed by atoms with E-state index in [9.17, 15) is 4.79 Å². The van der Waals surface area contributed by atoms with Gasteiger partial charge in [-0.3, -0.25) is 0 Å². The second-order valence-electron chi connectivity index (χ2n) is 5.07. The number of carbonyl (C=O) groups excluding carboxylic acids is 1. The predicted octanol–water partition coefficient (Wildman–Crippen LogP) is 2.14. The molecule has 0 radical (unpaired) electrons. The van der Waals surface area contributed by atoms with Crippen LogP contribution in [0, 0.1) is 0 Å². The van der Waals surface area contributed by atoms with Crippen molar-refractivity contribution in [2.24, 2.45) is 0 Å². The first-order valence-corrected chi connectivity index (χ1v) is 7.31. The molecule has 0 spiro atoms. The van der Waals surface area contributed by atoms with Gasteiger partial charge in [-0.05, 0) is 24.1 Å². The highest BCUT2D eigenvalue weighted by atomic mass is 16.5. The molecule has 1 aromatic carbocycles. The third-order valence-corrected chi connectivity index (χ3v) is 3.87. The van der Waals surface area contributed by atoms with Crippen LogP contribution in [-0.2, 0) is 9.53 Å². The fourth-order valence-electron chi connectivity index (χ4n) is 2.74. The highest BCUT2D eigenvalue weighted by Crippen LogP contribution is 2.36. The van der Waals surface area contributed by atoms with Crippen molar-refractivity contribution in [3.63, 3.8) is 0 Å². The lowest BCUT2D eigenvalue weighted by Gasteiger charge is -2.28. The van der Waals surface area contributed by atoms with Crippen molar-refractivity contribution in [1.82, 2.24) is 14.8 Å². The fourth-order valence-corrected chi connectivity index (χ4v) is 2.74. The van der Waals surface area contributed by atoms with E-state index in [0.29, 0.717) is 17.9 Å². The van der Waals surface area contributed by atoms with Crippen LogP contribution in [0.3, 0.4) is 0 Å². The van der Waals surface area contributed by atoms with Gasteiger partial charge >= 0.3 is 5.97 Å². The quantitative estimate of drug-likeness (QED) is 0.871. The van der Waals surface area contributed by atoms with Crippen LogP contribution in [0.15, 0.2) is 41.9 Å². The normalized spacial score (nSPS) is 16.6. The molecule has 1 atom stereocenters. The second kappa shape index (κ2) is 6.12. The second-order valence-corrected chi connectivity index (χ2v) is 5.07. The Kier molecular flexibility index (Phi) is 4.01. The molecule has 3 rings (SSSR count). The fraction of sp³-hybridized carbons (Fsp3) is 0.312. The molecule has 120 valence electrons. The summed E-state index contributed by atoms with van der Waals surface area (Å²) in [5.41, 5.74) is 2.24. The molecule has 0 amide bonds. The molecule has 2 heterocycles. The van der Waals surface area contributed by atoms with Gasteiger partial charge in [-0.1, -0.05) is 19.1 Å². The van der Waals surface area contributed by atoms with Crippen molar-refractivity contribution in [2.45, 2.75) is 19.4 Å². The van der Waals surface area contributed by atoms with E-state index in [1.54, 1.807) is 11.8 Å². The zero-order chi connectivity index (χ0) is 16.4. The Morgan fingerprint density at radius 2 is 2.04 bits per heavy atom. The van der Waals surface area contributed by atoms with Crippen molar-refractivity contribution < 1.29 is 14.3 Å². The number of ether oxygens (including phenoxy) is 2. The zero-order valence-electron chi connectivity index (χ0n) is 13.2. The number of esters is 1. The van der Waals surface area contributed by atoms with Crippen molar-refractivity contribution in [2.75, 3.05) is 19.5 Å². The van der Waals surface area contributed by atoms with Crippen molar-refractivity contribution in [3.05, 3.63) is 47.4 Å². The van der Waals surface area contributed by atoms with Crippen LogP contribution >= 0.6 is 0 Å². The molecule has 0 saturated carbocycles. The number of rotatable bonds is 4. The lowest BCUT2D eigenvalue weighted by Crippen LogP contribution is -2.29. The molecule has 23 heavy (non-hydrogen) atoms. The van der Waals surface area contributed by atoms with Crippen LogP contribution in [0.2, 0.25) is 0 Å². The van der Waals surface area contributed by atoms with E-state index in [0.717, 1.165) is 17.0 Å². The molecule has 1 aliphatic rings. The van der Waals surface area contributed by atoms with Gasteiger partial charge in [0.2, 0.25) is 5.95 Å². The third kappa shape index (κ3) is 2.54. The lowest BCUT2D eigenvalue weighted by atomic mass is 9.94. The molecule has 0 unspecified atom stereocenters. The van der Waals surface area contributed by atoms with Gasteiger partial charge < -0.3 is 14.8 Å². The molecule has 7 nitrogen and oxygen atoms in total. The Morgan fingerprint density at radius 3 is 2.65 bits per heavy atom. The number of aromatic nitrogens is 3. The molecule has 0 aliphatic carbocycles. The van der Waals surface area contributed by atoms with Crippen LogP contribution in [0.4, 0.5) is 5.95 Å². The SMILES string of the molecule is CCC1=C(C(=O)OC)[C@H](c2ccc(OC)cc2)n2ncnc2N1. The van der Waals surface area contributed by atoms with Gasteiger partial charge in [0.15, 0.2) is 0 Å². The number of benzene rings is 1. The van der Waals surface area contributed by atoms with Crippen LogP contribution in [0.5, 0.6) is 5.75 Å². The van der Waals surface area contributed by atoms with E-state index in [1.807, 2.05) is 31.2 Å². The summed E-state index contributed by atoms with van der Waals surface area (Å²) >= 11 is 0. The monoisotopic (exact) mass is 314 g/mol. The molecule has 0 saturated heterocycles. The predicted molar refractivity (Wildman–Crippen MR) is 84.1 cm³/mol. The Hall–Kier alpha value is -2.83. The Labute approximate surface area is 133 Å². The van der Waals surface area contributed by atoms with E-state index in [2.05, 4.69) is 15.4 Å². The van der Waals surface area contributed by atoms with Crippen molar-refractivity contribution >= 4 is 11.9 Å². The summed E-state index contributed by atoms with van der Waals surface area (Å²) in [4.78, 5) is 16.6. The Balaban J connectivity index is 2.15. The number of hydrogen-bond donors (Lipinski definition) is 1. The minimum Gasteiger partial charge on any atom is -0.497 e. The minimum absolute atomic E-state index is 0.378. The van der Waals surface area contributed by atoms with E-state index < -0.39 is 0 Å². The summed E-state index contributed by atoms with van der Waals surface area (Å²) in [7, 11) is 2.99. The maximum Gasteiger partial charge on any atom is 0.338 e. The van der Waals surface area contributed by atoms with Gasteiger partial charge in [0.05, 0.1) is 19.8 Å². The number of anilines is 1. The Bertz CT molecular complexity index is 749. The van der Waals surface area contributed by atoms with E-state index in [-0.39, 0.29) is 12.0 Å². The molecule has 0 fully saturated rings. The molecule has 2 aromatic rings. The maximum absolute atomic E-state index is 12.4. The molecule has 0 bridgehead atoms. The van der Waals surface area contributed by atoms with Crippen LogP contribution in [0.1, 0.15) is 24.9 Å². The van der Waals surface area contributed by atoms with Crippen molar-refractivity contribution in [3.8, 4) is 5.75 Å². The van der Waals surface area contributed by atoms with E-state index in [4.69, 9.17) is 9.47 Å². The number of nitrogens with one attached hydrogen (secondary N) is 1. The highest BCUT2D eigenvalue weighted by Gasteiger charge is 2.34. The number of allylic oxidation sites excluding steroid dienone is 1. The minimum atomic E-state index is -0.387. The average Bonchev–Trinajstić information content (AvgIpc) is 3.07. The Morgan fingerprint density at radius 1 is 1.30 bits per heavy atom. The van der Waals surface area contributed by atoms with Gasteiger partial charge in [0.25, 0.3) is 0 Å². The van der Waals surface area contributed by atoms with E-state index in [1.165, 1.54) is 13.4 Å². The van der Waals surface area contributed by atoms with Crippen LogP contribution in [-0.4, -0.2) is 35.0 Å². The number of nitrogens with zero attached hydrogens (tertiary/aromatic N) is 3. The number of methoxy groups -OCH3 is 2. The maximum atomic E-state index is 12.4. The van der Waals surface area contributed by atoms with Crippen LogP contribution < -0.4 is 10.1 Å². The van der Waals surface area contributed by atoms with E-state index >= 15 is 0 Å².